The van der Waals surface area contributed by atoms with E-state index in [-0.39, 0.29) is 0 Å². The normalized spacial score (nSPS) is 11.2. The van der Waals surface area contributed by atoms with Crippen LogP contribution >= 0.6 is 11.3 Å². The van der Waals surface area contributed by atoms with Crippen LogP contribution in [0.1, 0.15) is 10.4 Å². The van der Waals surface area contributed by atoms with Crippen molar-refractivity contribution >= 4 is 22.2 Å². The number of aromatic nitrogens is 1. The average molecular weight is 270 g/mol. The molecular formula is C16H18N2S. The Bertz CT molecular complexity index is 653. The van der Waals surface area contributed by atoms with Gasteiger partial charge in [0.05, 0.1) is 0 Å². The zero-order chi connectivity index (χ0) is 13.1. The van der Waals surface area contributed by atoms with Gasteiger partial charge in [0, 0.05) is 23.1 Å². The summed E-state index contributed by atoms with van der Waals surface area (Å²) in [7, 11) is 0. The Balaban J connectivity index is 1.84. The monoisotopic (exact) mass is 270 g/mol. The summed E-state index contributed by atoms with van der Waals surface area (Å²) in [6.07, 6.45) is 4.24. The third kappa shape index (κ3) is 2.72. The number of rotatable bonds is 5. The highest BCUT2D eigenvalue weighted by Crippen LogP contribution is 2.19. The van der Waals surface area contributed by atoms with E-state index in [1.54, 1.807) is 0 Å². The van der Waals surface area contributed by atoms with E-state index in [1.807, 2.05) is 11.3 Å². The number of thiophene rings is 1. The van der Waals surface area contributed by atoms with Crippen LogP contribution in [-0.2, 0) is 19.4 Å². The van der Waals surface area contributed by atoms with Crippen LogP contribution in [0.5, 0.6) is 0 Å². The molecule has 2 aromatic heterocycles. The largest absolute Gasteiger partial charge is 0.347 e. The van der Waals surface area contributed by atoms with Crippen molar-refractivity contribution in [1.29, 1.82) is 0 Å². The molecule has 3 aromatic rings. The van der Waals surface area contributed by atoms with Crippen molar-refractivity contribution in [3.05, 3.63) is 58.4 Å². The van der Waals surface area contributed by atoms with Crippen LogP contribution in [0.15, 0.2) is 48.0 Å². The molecule has 98 valence electrons. The first-order valence-electron chi connectivity index (χ1n) is 6.67. The van der Waals surface area contributed by atoms with E-state index in [9.17, 15) is 0 Å². The molecule has 0 atom stereocenters. The molecule has 0 bridgehead atoms. The van der Waals surface area contributed by atoms with Crippen molar-refractivity contribution < 1.29 is 0 Å². The Hall–Kier alpha value is -1.58. The van der Waals surface area contributed by atoms with E-state index < -0.39 is 0 Å². The number of aryl methyl sites for hydroxylation is 2. The number of benzene rings is 1. The van der Waals surface area contributed by atoms with Gasteiger partial charge in [0.25, 0.3) is 0 Å². The van der Waals surface area contributed by atoms with Crippen LogP contribution in [0.2, 0.25) is 0 Å². The van der Waals surface area contributed by atoms with Gasteiger partial charge in [-0.3, -0.25) is 0 Å². The summed E-state index contributed by atoms with van der Waals surface area (Å²) < 4.78 is 2.34. The second kappa shape index (κ2) is 5.59. The van der Waals surface area contributed by atoms with Crippen LogP contribution in [0.4, 0.5) is 0 Å². The maximum absolute atomic E-state index is 5.64. The van der Waals surface area contributed by atoms with Crippen molar-refractivity contribution in [2.45, 2.75) is 19.4 Å². The van der Waals surface area contributed by atoms with Crippen LogP contribution in [-0.4, -0.2) is 11.1 Å². The summed E-state index contributed by atoms with van der Waals surface area (Å²) in [6.45, 7) is 1.75. The van der Waals surface area contributed by atoms with E-state index >= 15 is 0 Å². The third-order valence-electron chi connectivity index (χ3n) is 3.45. The van der Waals surface area contributed by atoms with Gasteiger partial charge < -0.3 is 10.3 Å². The van der Waals surface area contributed by atoms with Gasteiger partial charge in [-0.1, -0.05) is 18.2 Å². The molecule has 0 spiro atoms. The van der Waals surface area contributed by atoms with Gasteiger partial charge in [0.2, 0.25) is 0 Å². The molecule has 3 heteroatoms. The molecule has 3 rings (SSSR count). The summed E-state index contributed by atoms with van der Waals surface area (Å²) in [5, 5.41) is 3.45. The minimum absolute atomic E-state index is 0.710. The first-order valence-corrected chi connectivity index (χ1v) is 7.55. The Morgan fingerprint density at radius 1 is 1.11 bits per heavy atom. The fraction of sp³-hybridized carbons (Fsp3) is 0.250. The first-order chi connectivity index (χ1) is 9.36. The van der Waals surface area contributed by atoms with Crippen LogP contribution in [0.3, 0.4) is 0 Å². The molecule has 0 aliphatic carbocycles. The van der Waals surface area contributed by atoms with Gasteiger partial charge in [-0.15, -0.1) is 11.3 Å². The highest BCUT2D eigenvalue weighted by atomic mass is 32.1. The fourth-order valence-electron chi connectivity index (χ4n) is 2.43. The van der Waals surface area contributed by atoms with Gasteiger partial charge in [0.15, 0.2) is 0 Å². The van der Waals surface area contributed by atoms with Gasteiger partial charge in [-0.25, -0.2) is 0 Å². The van der Waals surface area contributed by atoms with Crippen molar-refractivity contribution in [2.24, 2.45) is 5.73 Å². The van der Waals surface area contributed by atoms with Crippen LogP contribution in [0, 0.1) is 0 Å². The number of nitrogens with two attached hydrogens (primary N) is 1. The lowest BCUT2D eigenvalue weighted by molar-refractivity contribution is 0.729. The first kappa shape index (κ1) is 12.5. The number of hydrogen-bond acceptors (Lipinski definition) is 2. The number of hydrogen-bond donors (Lipinski definition) is 1. The zero-order valence-corrected chi connectivity index (χ0v) is 11.7. The number of fused-ring (bicyclic) bond motifs is 1. The smallest absolute Gasteiger partial charge is 0.0483 e. The zero-order valence-electron chi connectivity index (χ0n) is 10.9. The predicted molar refractivity (Wildman–Crippen MR) is 82.7 cm³/mol. The Labute approximate surface area is 117 Å². The molecule has 2 nitrogen and oxygen atoms in total. The van der Waals surface area contributed by atoms with Crippen LogP contribution < -0.4 is 5.73 Å². The third-order valence-corrected chi connectivity index (χ3v) is 4.39. The number of nitrogens with zero attached hydrogens (tertiary/aromatic N) is 1. The van der Waals surface area contributed by atoms with Crippen molar-refractivity contribution in [1.82, 2.24) is 4.57 Å². The Kier molecular flexibility index (Phi) is 3.67. The quantitative estimate of drug-likeness (QED) is 0.756. The second-order valence-corrected chi connectivity index (χ2v) is 5.80. The van der Waals surface area contributed by atoms with Crippen molar-refractivity contribution in [3.8, 4) is 0 Å². The molecule has 0 aliphatic rings. The Morgan fingerprint density at radius 2 is 2.05 bits per heavy atom. The average Bonchev–Trinajstić information content (AvgIpc) is 3.05. The van der Waals surface area contributed by atoms with Crippen LogP contribution in [0.25, 0.3) is 10.9 Å². The molecule has 0 fully saturated rings. The molecule has 0 saturated carbocycles. The minimum atomic E-state index is 0.710. The molecule has 0 aliphatic heterocycles. The molecular weight excluding hydrogens is 252 g/mol. The maximum atomic E-state index is 5.64. The summed E-state index contributed by atoms with van der Waals surface area (Å²) in [5.41, 5.74) is 8.28. The van der Waals surface area contributed by atoms with Crippen molar-refractivity contribution in [2.75, 3.05) is 6.54 Å². The SMILES string of the molecule is NCCc1ccc2ccn(CCc3cccs3)c2c1. The van der Waals surface area contributed by atoms with Gasteiger partial charge in [-0.2, -0.15) is 0 Å². The predicted octanol–water partition coefficient (Wildman–Crippen LogP) is 3.45. The van der Waals surface area contributed by atoms with E-state index in [0.717, 1.165) is 19.4 Å². The molecule has 2 heterocycles. The highest BCUT2D eigenvalue weighted by Gasteiger charge is 2.03. The lowest BCUT2D eigenvalue weighted by atomic mass is 10.1. The Morgan fingerprint density at radius 3 is 2.84 bits per heavy atom. The van der Waals surface area contributed by atoms with Gasteiger partial charge >= 0.3 is 0 Å². The summed E-state index contributed by atoms with van der Waals surface area (Å²) in [6, 6.07) is 13.2. The summed E-state index contributed by atoms with van der Waals surface area (Å²) in [4.78, 5) is 1.44. The molecule has 19 heavy (non-hydrogen) atoms. The standard InChI is InChI=1S/C16H18N2S/c17-8-5-13-3-4-14-6-9-18(16(14)12-13)10-7-15-2-1-11-19-15/h1-4,6,9,11-12H,5,7-8,10,17H2. The molecule has 0 radical (unpaired) electrons. The fourth-order valence-corrected chi connectivity index (χ4v) is 3.13. The topological polar surface area (TPSA) is 30.9 Å². The minimum Gasteiger partial charge on any atom is -0.347 e. The molecule has 2 N–H and O–H groups in total. The van der Waals surface area contributed by atoms with E-state index in [2.05, 4.69) is 52.5 Å². The van der Waals surface area contributed by atoms with Gasteiger partial charge in [0.1, 0.15) is 0 Å². The summed E-state index contributed by atoms with van der Waals surface area (Å²) in [5.74, 6) is 0. The van der Waals surface area contributed by atoms with Crippen molar-refractivity contribution in [3.63, 3.8) is 0 Å². The molecule has 1 aromatic carbocycles. The lowest BCUT2D eigenvalue weighted by Crippen LogP contribution is -2.03. The molecule has 0 amide bonds. The highest BCUT2D eigenvalue weighted by molar-refractivity contribution is 7.09. The van der Waals surface area contributed by atoms with E-state index in [1.165, 1.54) is 21.3 Å². The second-order valence-electron chi connectivity index (χ2n) is 4.77. The summed E-state index contributed by atoms with van der Waals surface area (Å²) >= 11 is 1.83. The lowest BCUT2D eigenvalue weighted by Gasteiger charge is -2.06. The molecule has 0 unspecified atom stereocenters. The maximum Gasteiger partial charge on any atom is 0.0483 e. The van der Waals surface area contributed by atoms with Gasteiger partial charge in [-0.05, 0) is 53.9 Å². The van der Waals surface area contributed by atoms with E-state index in [0.29, 0.717) is 6.54 Å². The van der Waals surface area contributed by atoms with E-state index in [4.69, 9.17) is 5.73 Å². The molecule has 0 saturated heterocycles.